The third kappa shape index (κ3) is 3.55. The van der Waals surface area contributed by atoms with Crippen LogP contribution in [0.4, 0.5) is 35.2 Å². The van der Waals surface area contributed by atoms with E-state index in [-0.39, 0.29) is 23.4 Å². The number of aromatic nitrogens is 1. The number of fused-ring (bicyclic) bond motifs is 4. The molecule has 4 heterocycles. The number of halogens is 3. The molecule has 3 aliphatic heterocycles. The molecule has 3 aromatic rings. The van der Waals surface area contributed by atoms with E-state index in [1.165, 1.54) is 24.3 Å². The molecule has 4 N–H and O–H groups in total. The highest BCUT2D eigenvalue weighted by Gasteiger charge is 2.65. The normalized spacial score (nSPS) is 19.9. The molecule has 35 heavy (non-hydrogen) atoms. The fourth-order valence-corrected chi connectivity index (χ4v) is 4.80. The molecule has 180 valence electrons. The zero-order valence-corrected chi connectivity index (χ0v) is 18.3. The van der Waals surface area contributed by atoms with Crippen molar-refractivity contribution in [2.45, 2.75) is 24.3 Å². The van der Waals surface area contributed by atoms with Crippen molar-refractivity contribution in [2.24, 2.45) is 0 Å². The van der Waals surface area contributed by atoms with Crippen molar-refractivity contribution in [1.82, 2.24) is 15.8 Å². The first kappa shape index (κ1) is 21.7. The number of hydrogen-bond acceptors (Lipinski definition) is 6. The average molecular weight is 482 g/mol. The van der Waals surface area contributed by atoms with Crippen LogP contribution in [0.2, 0.25) is 0 Å². The van der Waals surface area contributed by atoms with Crippen LogP contribution in [0.15, 0.2) is 60.7 Å². The van der Waals surface area contributed by atoms with Crippen molar-refractivity contribution >= 4 is 23.2 Å². The van der Waals surface area contributed by atoms with Gasteiger partial charge in [-0.25, -0.2) is 20.6 Å². The molecule has 0 spiro atoms. The Balaban J connectivity index is 1.32. The fourth-order valence-electron chi connectivity index (χ4n) is 4.80. The van der Waals surface area contributed by atoms with Gasteiger partial charge in [-0.2, -0.15) is 13.2 Å². The third-order valence-electron chi connectivity index (χ3n) is 6.68. The van der Waals surface area contributed by atoms with E-state index in [0.717, 1.165) is 18.7 Å². The first-order valence-corrected chi connectivity index (χ1v) is 11.1. The molecule has 3 aliphatic rings. The van der Waals surface area contributed by atoms with E-state index < -0.39 is 11.8 Å². The van der Waals surface area contributed by atoms with E-state index >= 15 is 0 Å². The van der Waals surface area contributed by atoms with Crippen LogP contribution < -0.4 is 26.0 Å². The Bertz CT molecular complexity index is 1310. The quantitative estimate of drug-likeness (QED) is 0.421. The molecular weight excluding hydrogens is 461 g/mol. The molecular formula is C24H21F3N6O2. The summed E-state index contributed by atoms with van der Waals surface area (Å²) >= 11 is 0. The number of anilines is 3. The monoisotopic (exact) mass is 482 g/mol. The first-order valence-electron chi connectivity index (χ1n) is 11.1. The van der Waals surface area contributed by atoms with Gasteiger partial charge < -0.3 is 15.3 Å². The Labute approximate surface area is 198 Å². The molecule has 0 saturated carbocycles. The van der Waals surface area contributed by atoms with Gasteiger partial charge in [0.15, 0.2) is 5.82 Å². The summed E-state index contributed by atoms with van der Waals surface area (Å²) in [5.41, 5.74) is 4.71. The molecule has 2 bridgehead atoms. The standard InChI is InChI=1S/C24H21F3N6O2/c25-24(26,27)23(30-31-23)15-6-4-14(5-7-15)19-8-9-20-21(29-19)33(17-10-11-32(20)13-17)22(35)28-16-2-1-3-18(34)12-16/h1-9,12,17,30-31,34H,10-11,13H2,(H,28,35)/t17-/m0/s1. The lowest BCUT2D eigenvalue weighted by Gasteiger charge is -2.36. The molecule has 6 rings (SSSR count). The second kappa shape index (κ2) is 7.59. The molecule has 2 saturated heterocycles. The predicted molar refractivity (Wildman–Crippen MR) is 124 cm³/mol. The highest BCUT2D eigenvalue weighted by Crippen LogP contribution is 2.43. The number of benzene rings is 2. The van der Waals surface area contributed by atoms with Gasteiger partial charge in [0.05, 0.1) is 17.4 Å². The summed E-state index contributed by atoms with van der Waals surface area (Å²) in [6, 6.07) is 15.6. The molecule has 11 heteroatoms. The maximum absolute atomic E-state index is 13.4. The van der Waals surface area contributed by atoms with Crippen molar-refractivity contribution in [3.63, 3.8) is 0 Å². The van der Waals surface area contributed by atoms with Crippen molar-refractivity contribution in [1.29, 1.82) is 0 Å². The number of pyridine rings is 1. The Hall–Kier alpha value is -3.83. The Morgan fingerprint density at radius 2 is 1.89 bits per heavy atom. The smallest absolute Gasteiger partial charge is 0.426 e. The highest BCUT2D eigenvalue weighted by molar-refractivity contribution is 6.04. The number of rotatable bonds is 3. The highest BCUT2D eigenvalue weighted by atomic mass is 19.4. The van der Waals surface area contributed by atoms with E-state index in [0.29, 0.717) is 29.3 Å². The Morgan fingerprint density at radius 3 is 2.57 bits per heavy atom. The van der Waals surface area contributed by atoms with E-state index in [1.807, 2.05) is 12.1 Å². The van der Waals surface area contributed by atoms with Crippen molar-refractivity contribution in [2.75, 3.05) is 28.2 Å². The summed E-state index contributed by atoms with van der Waals surface area (Å²) in [6.07, 6.45) is -3.69. The molecule has 0 radical (unpaired) electrons. The summed E-state index contributed by atoms with van der Waals surface area (Å²) in [5, 5.41) is 12.6. The number of nitrogens with one attached hydrogen (secondary N) is 3. The minimum atomic E-state index is -4.48. The number of amides is 2. The minimum absolute atomic E-state index is 0.0432. The molecule has 0 aliphatic carbocycles. The minimum Gasteiger partial charge on any atom is -0.508 e. The number of urea groups is 1. The third-order valence-corrected chi connectivity index (χ3v) is 6.68. The van der Waals surface area contributed by atoms with E-state index in [4.69, 9.17) is 4.98 Å². The van der Waals surface area contributed by atoms with Gasteiger partial charge in [-0.05, 0) is 36.2 Å². The predicted octanol–water partition coefficient (Wildman–Crippen LogP) is 3.91. The van der Waals surface area contributed by atoms with Crippen molar-refractivity contribution < 1.29 is 23.1 Å². The summed E-state index contributed by atoms with van der Waals surface area (Å²) < 4.78 is 40.1. The lowest BCUT2D eigenvalue weighted by molar-refractivity contribution is -0.165. The average Bonchev–Trinajstić information content (AvgIpc) is 3.56. The van der Waals surface area contributed by atoms with Crippen LogP contribution in [0.5, 0.6) is 5.75 Å². The summed E-state index contributed by atoms with van der Waals surface area (Å²) in [5.74, 6) is 0.539. The summed E-state index contributed by atoms with van der Waals surface area (Å²) in [6.45, 7) is 1.48. The van der Waals surface area contributed by atoms with Gasteiger partial charge in [-0.15, -0.1) is 0 Å². The fraction of sp³-hybridized carbons (Fsp3) is 0.250. The lowest BCUT2D eigenvalue weighted by Crippen LogP contribution is -2.48. The van der Waals surface area contributed by atoms with Crippen LogP contribution in [-0.4, -0.2) is 41.4 Å². The Kier molecular flexibility index (Phi) is 4.70. The first-order chi connectivity index (χ1) is 16.7. The maximum Gasteiger partial charge on any atom is 0.426 e. The zero-order chi connectivity index (χ0) is 24.4. The SMILES string of the molecule is O=C(Nc1cccc(O)c1)N1c2nc(-c3ccc(C4(C(F)(F)F)NN4)cc3)ccc2N2CC[C@H]1C2. The van der Waals surface area contributed by atoms with E-state index in [1.54, 1.807) is 29.2 Å². The molecule has 2 fully saturated rings. The van der Waals surface area contributed by atoms with Crippen LogP contribution in [-0.2, 0) is 5.66 Å². The van der Waals surface area contributed by atoms with Crippen LogP contribution in [0.1, 0.15) is 12.0 Å². The zero-order valence-electron chi connectivity index (χ0n) is 18.3. The second-order valence-corrected chi connectivity index (χ2v) is 8.85. The number of phenolic OH excluding ortho intramolecular Hbond substituents is 1. The molecule has 1 aromatic heterocycles. The largest absolute Gasteiger partial charge is 0.508 e. The number of nitrogens with zero attached hydrogens (tertiary/aromatic N) is 3. The van der Waals surface area contributed by atoms with Crippen LogP contribution >= 0.6 is 0 Å². The number of carbonyl (C=O) groups excluding carboxylic acids is 1. The number of phenols is 1. The lowest BCUT2D eigenvalue weighted by atomic mass is 10.0. The molecule has 2 amide bonds. The van der Waals surface area contributed by atoms with E-state index in [2.05, 4.69) is 21.1 Å². The van der Waals surface area contributed by atoms with Crippen LogP contribution in [0, 0.1) is 0 Å². The van der Waals surface area contributed by atoms with Gasteiger partial charge in [0.25, 0.3) is 0 Å². The van der Waals surface area contributed by atoms with Crippen molar-refractivity contribution in [3.8, 4) is 17.0 Å². The summed E-state index contributed by atoms with van der Waals surface area (Å²) in [7, 11) is 0. The van der Waals surface area contributed by atoms with Gasteiger partial charge in [-0.3, -0.25) is 4.90 Å². The molecule has 8 nitrogen and oxygen atoms in total. The number of alkyl halides is 3. The van der Waals surface area contributed by atoms with Gasteiger partial charge in [0.2, 0.25) is 5.66 Å². The number of carbonyl (C=O) groups is 1. The number of hydrogen-bond donors (Lipinski definition) is 4. The Morgan fingerprint density at radius 1 is 1.11 bits per heavy atom. The number of hydrazine groups is 1. The summed E-state index contributed by atoms with van der Waals surface area (Å²) in [4.78, 5) is 21.9. The maximum atomic E-state index is 13.4. The topological polar surface area (TPSA) is 113 Å². The van der Waals surface area contributed by atoms with E-state index in [9.17, 15) is 23.1 Å². The van der Waals surface area contributed by atoms with Gasteiger partial charge >= 0.3 is 12.2 Å². The van der Waals surface area contributed by atoms with Crippen molar-refractivity contribution in [3.05, 3.63) is 66.2 Å². The van der Waals surface area contributed by atoms with Crippen LogP contribution in [0.25, 0.3) is 11.3 Å². The molecule has 1 atom stereocenters. The van der Waals surface area contributed by atoms with Crippen LogP contribution in [0.3, 0.4) is 0 Å². The molecule has 2 aromatic carbocycles. The second-order valence-electron chi connectivity index (χ2n) is 8.85. The van der Waals surface area contributed by atoms with Gasteiger partial charge in [-0.1, -0.05) is 30.3 Å². The van der Waals surface area contributed by atoms with Gasteiger partial charge in [0, 0.05) is 30.4 Å². The number of aromatic hydroxyl groups is 1. The van der Waals surface area contributed by atoms with Gasteiger partial charge in [0.1, 0.15) is 5.75 Å². The molecule has 0 unspecified atom stereocenters.